The van der Waals surface area contributed by atoms with E-state index in [1.807, 2.05) is 0 Å². The van der Waals surface area contributed by atoms with Crippen LogP contribution in [0.3, 0.4) is 0 Å². The van der Waals surface area contributed by atoms with E-state index in [-0.39, 0.29) is 0 Å². The van der Waals surface area contributed by atoms with Crippen molar-refractivity contribution in [2.45, 2.75) is 45.4 Å². The van der Waals surface area contributed by atoms with Gasteiger partial charge in [0.1, 0.15) is 0 Å². The van der Waals surface area contributed by atoms with Crippen molar-refractivity contribution in [3.05, 3.63) is 65.2 Å². The minimum atomic E-state index is 0.762. The maximum Gasteiger partial charge on any atom is 0.0709 e. The SMILES string of the molecule is Cc1cc(C)cc(-c2ccc3cc(C4CCCC4)ccc3n2)c1. The maximum atomic E-state index is 4.90. The number of benzene rings is 2. The first-order chi connectivity index (χ1) is 11.2. The Kier molecular flexibility index (Phi) is 3.65. The molecule has 0 saturated heterocycles. The summed E-state index contributed by atoms with van der Waals surface area (Å²) in [6.07, 6.45) is 5.46. The minimum Gasteiger partial charge on any atom is -0.248 e. The largest absolute Gasteiger partial charge is 0.248 e. The molecule has 1 saturated carbocycles. The van der Waals surface area contributed by atoms with Gasteiger partial charge in [0, 0.05) is 10.9 Å². The molecule has 0 unspecified atom stereocenters. The summed E-state index contributed by atoms with van der Waals surface area (Å²) in [4.78, 5) is 4.90. The lowest BCUT2D eigenvalue weighted by Crippen LogP contribution is -1.93. The van der Waals surface area contributed by atoms with Crippen LogP contribution in [0.15, 0.2) is 48.5 Å². The van der Waals surface area contributed by atoms with Gasteiger partial charge in [0.25, 0.3) is 0 Å². The highest BCUT2D eigenvalue weighted by molar-refractivity contribution is 5.82. The lowest BCUT2D eigenvalue weighted by Gasteiger charge is -2.11. The molecule has 0 N–H and O–H groups in total. The van der Waals surface area contributed by atoms with Crippen molar-refractivity contribution in [2.24, 2.45) is 0 Å². The van der Waals surface area contributed by atoms with Crippen LogP contribution in [0.5, 0.6) is 0 Å². The fourth-order valence-electron chi connectivity index (χ4n) is 3.94. The summed E-state index contributed by atoms with van der Waals surface area (Å²) in [6.45, 7) is 4.29. The van der Waals surface area contributed by atoms with Crippen LogP contribution in [0.4, 0.5) is 0 Å². The van der Waals surface area contributed by atoms with Crippen LogP contribution in [0.2, 0.25) is 0 Å². The van der Waals surface area contributed by atoms with E-state index >= 15 is 0 Å². The van der Waals surface area contributed by atoms with E-state index in [1.165, 1.54) is 53.3 Å². The van der Waals surface area contributed by atoms with Gasteiger partial charge in [-0.2, -0.15) is 0 Å². The standard InChI is InChI=1S/C22H23N/c1-15-11-16(2)13-20(12-15)22-10-8-19-14-18(7-9-21(19)23-22)17-5-3-4-6-17/h7-14,17H,3-6H2,1-2H3. The Bertz CT molecular complexity index is 837. The van der Waals surface area contributed by atoms with Gasteiger partial charge < -0.3 is 0 Å². The number of rotatable bonds is 2. The summed E-state index contributed by atoms with van der Waals surface area (Å²) in [5, 5.41) is 1.27. The highest BCUT2D eigenvalue weighted by Gasteiger charge is 2.17. The molecule has 1 fully saturated rings. The van der Waals surface area contributed by atoms with Crippen molar-refractivity contribution < 1.29 is 0 Å². The molecule has 1 aromatic heterocycles. The molecule has 0 radical (unpaired) electrons. The van der Waals surface area contributed by atoms with Crippen molar-refractivity contribution in [1.29, 1.82) is 0 Å². The molecule has 3 aromatic rings. The molecule has 0 aliphatic heterocycles. The average molecular weight is 301 g/mol. The molecular formula is C22H23N. The summed E-state index contributed by atoms with van der Waals surface area (Å²) < 4.78 is 0. The van der Waals surface area contributed by atoms with Crippen molar-refractivity contribution in [3.8, 4) is 11.3 Å². The zero-order chi connectivity index (χ0) is 15.8. The second kappa shape index (κ2) is 5.81. The maximum absolute atomic E-state index is 4.90. The molecule has 116 valence electrons. The van der Waals surface area contributed by atoms with Crippen LogP contribution < -0.4 is 0 Å². The molecule has 1 aliphatic carbocycles. The fourth-order valence-corrected chi connectivity index (χ4v) is 3.94. The summed E-state index contributed by atoms with van der Waals surface area (Å²) in [5.41, 5.74) is 7.46. The summed E-state index contributed by atoms with van der Waals surface area (Å²) >= 11 is 0. The molecule has 4 rings (SSSR count). The van der Waals surface area contributed by atoms with Gasteiger partial charge in [0.15, 0.2) is 0 Å². The predicted molar refractivity (Wildman–Crippen MR) is 97.9 cm³/mol. The van der Waals surface area contributed by atoms with Crippen LogP contribution in [0, 0.1) is 13.8 Å². The van der Waals surface area contributed by atoms with E-state index in [4.69, 9.17) is 4.98 Å². The lowest BCUT2D eigenvalue weighted by atomic mass is 9.96. The van der Waals surface area contributed by atoms with Gasteiger partial charge in [-0.05, 0) is 68.5 Å². The molecule has 1 heteroatoms. The molecular weight excluding hydrogens is 278 g/mol. The van der Waals surface area contributed by atoms with Crippen LogP contribution in [-0.2, 0) is 0 Å². The van der Waals surface area contributed by atoms with Gasteiger partial charge in [-0.15, -0.1) is 0 Å². The monoisotopic (exact) mass is 301 g/mol. The first kappa shape index (κ1) is 14.4. The fraction of sp³-hybridized carbons (Fsp3) is 0.318. The third-order valence-corrected chi connectivity index (χ3v) is 5.06. The number of aromatic nitrogens is 1. The Balaban J connectivity index is 1.74. The molecule has 0 atom stereocenters. The van der Waals surface area contributed by atoms with Crippen molar-refractivity contribution in [3.63, 3.8) is 0 Å². The molecule has 1 heterocycles. The van der Waals surface area contributed by atoms with Gasteiger partial charge in [-0.25, -0.2) is 4.98 Å². The molecule has 2 aromatic carbocycles. The third-order valence-electron chi connectivity index (χ3n) is 5.06. The number of hydrogen-bond acceptors (Lipinski definition) is 1. The van der Waals surface area contributed by atoms with E-state index in [0.717, 1.165) is 17.1 Å². The molecule has 23 heavy (non-hydrogen) atoms. The van der Waals surface area contributed by atoms with Gasteiger partial charge in [-0.3, -0.25) is 0 Å². The van der Waals surface area contributed by atoms with E-state index in [9.17, 15) is 0 Å². The quantitative estimate of drug-likeness (QED) is 0.551. The van der Waals surface area contributed by atoms with Crippen LogP contribution in [0.25, 0.3) is 22.2 Å². The Morgan fingerprint density at radius 2 is 1.57 bits per heavy atom. The third kappa shape index (κ3) is 2.88. The Hall–Kier alpha value is -2.15. The van der Waals surface area contributed by atoms with Gasteiger partial charge >= 0.3 is 0 Å². The van der Waals surface area contributed by atoms with Crippen LogP contribution >= 0.6 is 0 Å². The first-order valence-electron chi connectivity index (χ1n) is 8.68. The van der Waals surface area contributed by atoms with E-state index < -0.39 is 0 Å². The van der Waals surface area contributed by atoms with Crippen LogP contribution in [0.1, 0.15) is 48.3 Å². The first-order valence-corrected chi connectivity index (χ1v) is 8.68. The predicted octanol–water partition coefficient (Wildman–Crippen LogP) is 6.18. The number of pyridine rings is 1. The number of fused-ring (bicyclic) bond motifs is 1. The van der Waals surface area contributed by atoms with Crippen molar-refractivity contribution in [2.75, 3.05) is 0 Å². The zero-order valence-corrected chi connectivity index (χ0v) is 14.0. The Labute approximate surface area is 138 Å². The van der Waals surface area contributed by atoms with Crippen molar-refractivity contribution in [1.82, 2.24) is 4.98 Å². The van der Waals surface area contributed by atoms with Gasteiger partial charge in [-0.1, -0.05) is 42.2 Å². The molecule has 0 amide bonds. The normalized spacial score (nSPS) is 15.4. The van der Waals surface area contributed by atoms with Crippen LogP contribution in [-0.4, -0.2) is 4.98 Å². The second-order valence-electron chi connectivity index (χ2n) is 7.01. The summed E-state index contributed by atoms with van der Waals surface area (Å²) in [6, 6.07) is 17.9. The number of aryl methyl sites for hydroxylation is 2. The highest BCUT2D eigenvalue weighted by atomic mass is 14.7. The Morgan fingerprint density at radius 3 is 2.30 bits per heavy atom. The van der Waals surface area contributed by atoms with Gasteiger partial charge in [0.2, 0.25) is 0 Å². The lowest BCUT2D eigenvalue weighted by molar-refractivity contribution is 0.724. The molecule has 0 spiro atoms. The summed E-state index contributed by atoms with van der Waals surface area (Å²) in [5.74, 6) is 0.762. The summed E-state index contributed by atoms with van der Waals surface area (Å²) in [7, 11) is 0. The average Bonchev–Trinajstić information content (AvgIpc) is 3.07. The van der Waals surface area contributed by atoms with Crippen molar-refractivity contribution >= 4 is 10.9 Å². The van der Waals surface area contributed by atoms with E-state index in [0.29, 0.717) is 0 Å². The Morgan fingerprint density at radius 1 is 0.826 bits per heavy atom. The molecule has 1 aliphatic rings. The number of hydrogen-bond donors (Lipinski definition) is 0. The van der Waals surface area contributed by atoms with E-state index in [2.05, 4.69) is 62.4 Å². The zero-order valence-electron chi connectivity index (χ0n) is 14.0. The van der Waals surface area contributed by atoms with E-state index in [1.54, 1.807) is 0 Å². The van der Waals surface area contributed by atoms with Gasteiger partial charge in [0.05, 0.1) is 11.2 Å². The molecule has 0 bridgehead atoms. The molecule has 1 nitrogen and oxygen atoms in total. The smallest absolute Gasteiger partial charge is 0.0709 e. The minimum absolute atomic E-state index is 0.762. The second-order valence-corrected chi connectivity index (χ2v) is 7.01. The topological polar surface area (TPSA) is 12.9 Å². The highest BCUT2D eigenvalue weighted by Crippen LogP contribution is 2.35. The number of nitrogens with zero attached hydrogens (tertiary/aromatic N) is 1.